The number of hydrogen-bond donors (Lipinski definition) is 0. The predicted octanol–water partition coefficient (Wildman–Crippen LogP) is 1.55. The van der Waals surface area contributed by atoms with Crippen LogP contribution in [0, 0.1) is 6.92 Å². The summed E-state index contributed by atoms with van der Waals surface area (Å²) < 4.78 is 4.98. The number of hydrogen-bond acceptors (Lipinski definition) is 6. The number of rotatable bonds is 7. The zero-order valence-electron chi connectivity index (χ0n) is 13.0. The van der Waals surface area contributed by atoms with E-state index in [1.807, 2.05) is 16.7 Å². The van der Waals surface area contributed by atoms with Crippen LogP contribution in [0.15, 0.2) is 4.52 Å². The molecule has 1 fully saturated rings. The maximum absolute atomic E-state index is 11.9. The molecular weight excluding hydrogens is 288 g/mol. The summed E-state index contributed by atoms with van der Waals surface area (Å²) in [5.74, 6) is 2.40. The molecule has 0 aromatic carbocycles. The summed E-state index contributed by atoms with van der Waals surface area (Å²) in [6, 6.07) is 0.260. The molecule has 1 amide bonds. The first-order chi connectivity index (χ1) is 10.1. The Morgan fingerprint density at radius 3 is 3.00 bits per heavy atom. The Morgan fingerprint density at radius 2 is 2.38 bits per heavy atom. The molecule has 1 aliphatic rings. The van der Waals surface area contributed by atoms with Gasteiger partial charge in [0.1, 0.15) is 0 Å². The summed E-state index contributed by atoms with van der Waals surface area (Å²) in [5.41, 5.74) is 0. The van der Waals surface area contributed by atoms with Crippen molar-refractivity contribution in [3.8, 4) is 0 Å². The highest BCUT2D eigenvalue weighted by molar-refractivity contribution is 7.98. The molecule has 2 rings (SSSR count). The molecule has 118 valence electrons. The van der Waals surface area contributed by atoms with Gasteiger partial charge in [-0.3, -0.25) is 4.79 Å². The standard InChI is InChI=1S/C14H24N4O2S/c1-11-15-14(16-20-11)10-18(12(2)19)13-5-7-17(9-13)6-4-8-21-3/h13H,4-10H2,1-3H3/t13-/m0/s1. The van der Waals surface area contributed by atoms with Gasteiger partial charge in [-0.2, -0.15) is 16.7 Å². The van der Waals surface area contributed by atoms with E-state index in [-0.39, 0.29) is 11.9 Å². The molecule has 1 aromatic heterocycles. The molecule has 0 unspecified atom stereocenters. The molecule has 0 radical (unpaired) electrons. The highest BCUT2D eigenvalue weighted by atomic mass is 32.2. The van der Waals surface area contributed by atoms with Gasteiger partial charge in [0.25, 0.3) is 0 Å². The van der Waals surface area contributed by atoms with Gasteiger partial charge in [0.2, 0.25) is 11.8 Å². The minimum atomic E-state index is 0.0772. The van der Waals surface area contributed by atoms with Gasteiger partial charge in [-0.05, 0) is 31.4 Å². The van der Waals surface area contributed by atoms with E-state index in [0.717, 1.165) is 26.1 Å². The lowest BCUT2D eigenvalue weighted by atomic mass is 10.2. The second-order valence-electron chi connectivity index (χ2n) is 5.47. The van der Waals surface area contributed by atoms with Crippen molar-refractivity contribution in [3.05, 3.63) is 11.7 Å². The third-order valence-electron chi connectivity index (χ3n) is 3.80. The number of aromatic nitrogens is 2. The van der Waals surface area contributed by atoms with Crippen molar-refractivity contribution in [2.45, 2.75) is 39.3 Å². The predicted molar refractivity (Wildman–Crippen MR) is 83.1 cm³/mol. The quantitative estimate of drug-likeness (QED) is 0.712. The Balaban J connectivity index is 1.89. The van der Waals surface area contributed by atoms with E-state index in [1.165, 1.54) is 12.2 Å². The highest BCUT2D eigenvalue weighted by Crippen LogP contribution is 2.18. The minimum absolute atomic E-state index is 0.0772. The van der Waals surface area contributed by atoms with Gasteiger partial charge in [-0.15, -0.1) is 0 Å². The van der Waals surface area contributed by atoms with Crippen LogP contribution in [0.25, 0.3) is 0 Å². The molecule has 1 aliphatic heterocycles. The Morgan fingerprint density at radius 1 is 1.57 bits per heavy atom. The van der Waals surface area contributed by atoms with E-state index in [0.29, 0.717) is 18.3 Å². The van der Waals surface area contributed by atoms with Crippen LogP contribution in [0.4, 0.5) is 0 Å². The van der Waals surface area contributed by atoms with Gasteiger partial charge in [0.05, 0.1) is 6.54 Å². The van der Waals surface area contributed by atoms with Crippen LogP contribution in [0.1, 0.15) is 31.5 Å². The van der Waals surface area contributed by atoms with E-state index < -0.39 is 0 Å². The average Bonchev–Trinajstić information content (AvgIpc) is 3.05. The third-order valence-corrected chi connectivity index (χ3v) is 4.49. The molecule has 1 aromatic rings. The Kier molecular flexibility index (Phi) is 6.05. The van der Waals surface area contributed by atoms with Gasteiger partial charge in [0.15, 0.2) is 5.82 Å². The molecular formula is C14H24N4O2S. The van der Waals surface area contributed by atoms with Crippen LogP contribution in [0.3, 0.4) is 0 Å². The monoisotopic (exact) mass is 312 g/mol. The lowest BCUT2D eigenvalue weighted by molar-refractivity contribution is -0.131. The minimum Gasteiger partial charge on any atom is -0.340 e. The van der Waals surface area contributed by atoms with Crippen molar-refractivity contribution < 1.29 is 9.32 Å². The van der Waals surface area contributed by atoms with Crippen LogP contribution in [-0.2, 0) is 11.3 Å². The topological polar surface area (TPSA) is 62.5 Å². The molecule has 7 heteroatoms. The number of aryl methyl sites for hydroxylation is 1. The van der Waals surface area contributed by atoms with Gasteiger partial charge in [-0.1, -0.05) is 5.16 Å². The summed E-state index contributed by atoms with van der Waals surface area (Å²) in [7, 11) is 0. The van der Waals surface area contributed by atoms with Crippen LogP contribution in [0.2, 0.25) is 0 Å². The van der Waals surface area contributed by atoms with Crippen LogP contribution in [0.5, 0.6) is 0 Å². The fraction of sp³-hybridized carbons (Fsp3) is 0.786. The smallest absolute Gasteiger partial charge is 0.223 e. The lowest BCUT2D eigenvalue weighted by Crippen LogP contribution is -2.40. The number of amides is 1. The maximum atomic E-state index is 11.9. The maximum Gasteiger partial charge on any atom is 0.223 e. The number of carbonyl (C=O) groups excluding carboxylic acids is 1. The zero-order valence-corrected chi connectivity index (χ0v) is 13.9. The van der Waals surface area contributed by atoms with Crippen molar-refractivity contribution >= 4 is 17.7 Å². The molecule has 2 heterocycles. The second-order valence-corrected chi connectivity index (χ2v) is 6.45. The van der Waals surface area contributed by atoms with Gasteiger partial charge >= 0.3 is 0 Å². The molecule has 0 spiro atoms. The van der Waals surface area contributed by atoms with Crippen molar-refractivity contribution in [1.82, 2.24) is 19.9 Å². The van der Waals surface area contributed by atoms with E-state index in [1.54, 1.807) is 13.8 Å². The molecule has 0 saturated carbocycles. The molecule has 0 aliphatic carbocycles. The Labute approximate surface area is 130 Å². The Hall–Kier alpha value is -1.08. The van der Waals surface area contributed by atoms with Crippen LogP contribution >= 0.6 is 11.8 Å². The molecule has 1 saturated heterocycles. The molecule has 1 atom stereocenters. The number of nitrogens with zero attached hydrogens (tertiary/aromatic N) is 4. The fourth-order valence-electron chi connectivity index (χ4n) is 2.76. The summed E-state index contributed by atoms with van der Waals surface area (Å²) in [6.45, 7) is 6.94. The van der Waals surface area contributed by atoms with Crippen molar-refractivity contribution in [2.75, 3.05) is 31.6 Å². The first kappa shape index (κ1) is 16.3. The highest BCUT2D eigenvalue weighted by Gasteiger charge is 2.29. The molecule has 0 N–H and O–H groups in total. The number of carbonyl (C=O) groups is 1. The van der Waals surface area contributed by atoms with E-state index >= 15 is 0 Å². The molecule has 21 heavy (non-hydrogen) atoms. The second kappa shape index (κ2) is 7.79. The van der Waals surface area contributed by atoms with Gasteiger partial charge in [0, 0.05) is 33.0 Å². The van der Waals surface area contributed by atoms with E-state index in [4.69, 9.17) is 4.52 Å². The molecule has 0 bridgehead atoms. The van der Waals surface area contributed by atoms with E-state index in [2.05, 4.69) is 21.3 Å². The van der Waals surface area contributed by atoms with Crippen molar-refractivity contribution in [2.24, 2.45) is 0 Å². The summed E-state index contributed by atoms with van der Waals surface area (Å²) in [5, 5.41) is 3.89. The lowest BCUT2D eigenvalue weighted by Gasteiger charge is -2.27. The molecule has 6 nitrogen and oxygen atoms in total. The van der Waals surface area contributed by atoms with Crippen molar-refractivity contribution in [1.29, 1.82) is 0 Å². The summed E-state index contributed by atoms with van der Waals surface area (Å²) in [4.78, 5) is 20.4. The number of likely N-dealkylation sites (tertiary alicyclic amines) is 1. The van der Waals surface area contributed by atoms with Crippen molar-refractivity contribution in [3.63, 3.8) is 0 Å². The van der Waals surface area contributed by atoms with Crippen LogP contribution in [-0.4, -0.2) is 63.5 Å². The van der Waals surface area contributed by atoms with Gasteiger partial charge in [-0.25, -0.2) is 0 Å². The third kappa shape index (κ3) is 4.71. The van der Waals surface area contributed by atoms with Gasteiger partial charge < -0.3 is 14.3 Å². The van der Waals surface area contributed by atoms with Crippen LogP contribution < -0.4 is 0 Å². The summed E-state index contributed by atoms with van der Waals surface area (Å²) in [6.07, 6.45) is 4.37. The Bertz CT molecular complexity index is 466. The zero-order chi connectivity index (χ0) is 15.2. The average molecular weight is 312 g/mol. The first-order valence-electron chi connectivity index (χ1n) is 7.38. The summed E-state index contributed by atoms with van der Waals surface area (Å²) >= 11 is 1.88. The van der Waals surface area contributed by atoms with E-state index in [9.17, 15) is 4.79 Å². The number of thioether (sulfide) groups is 1. The SMILES string of the molecule is CSCCCN1CC[C@H](N(Cc2noc(C)n2)C(C)=O)C1. The first-order valence-corrected chi connectivity index (χ1v) is 8.77. The normalized spacial score (nSPS) is 19.1. The largest absolute Gasteiger partial charge is 0.340 e. The fourth-order valence-corrected chi connectivity index (χ4v) is 3.18.